The summed E-state index contributed by atoms with van der Waals surface area (Å²) in [5, 5.41) is 14.4. The van der Waals surface area contributed by atoms with Gasteiger partial charge in [-0.05, 0) is 30.6 Å². The van der Waals surface area contributed by atoms with Crippen LogP contribution in [0, 0.1) is 0 Å². The van der Waals surface area contributed by atoms with E-state index in [-0.39, 0.29) is 15.7 Å². The number of benzene rings is 1. The largest absolute Gasteiger partial charge is 0.480 e. The lowest BCUT2D eigenvalue weighted by molar-refractivity contribution is -0.139. The zero-order valence-corrected chi connectivity index (χ0v) is 14.9. The number of carbonyl (C=O) groups excluding carboxylic acids is 1. The molecule has 0 saturated carbocycles. The van der Waals surface area contributed by atoms with Gasteiger partial charge in [-0.15, -0.1) is 0 Å². The van der Waals surface area contributed by atoms with E-state index in [1.165, 1.54) is 11.8 Å². The van der Waals surface area contributed by atoms with Gasteiger partial charge < -0.3 is 15.7 Å². The van der Waals surface area contributed by atoms with Gasteiger partial charge in [0.05, 0.1) is 15.7 Å². The lowest BCUT2D eigenvalue weighted by Gasteiger charge is -2.16. The summed E-state index contributed by atoms with van der Waals surface area (Å²) in [7, 11) is 0. The van der Waals surface area contributed by atoms with Crippen LogP contribution < -0.4 is 10.6 Å². The van der Waals surface area contributed by atoms with Crippen molar-refractivity contribution >= 4 is 68.6 Å². The van der Waals surface area contributed by atoms with Crippen LogP contribution in [0.4, 0.5) is 10.5 Å². The number of carbonyl (C=O) groups is 2. The van der Waals surface area contributed by atoms with E-state index in [1.807, 2.05) is 6.26 Å². The summed E-state index contributed by atoms with van der Waals surface area (Å²) >= 11 is 16.7. The lowest BCUT2D eigenvalue weighted by atomic mass is 10.2. The summed E-state index contributed by atoms with van der Waals surface area (Å²) < 4.78 is 0.673. The molecule has 0 saturated heterocycles. The number of halogens is 3. The quantitative estimate of drug-likeness (QED) is 0.653. The van der Waals surface area contributed by atoms with Crippen molar-refractivity contribution in [2.75, 3.05) is 17.3 Å². The van der Waals surface area contributed by atoms with Crippen LogP contribution in [-0.4, -0.2) is 35.2 Å². The molecular formula is C12H13BrCl2N2O3S. The minimum absolute atomic E-state index is 0.230. The molecule has 0 radical (unpaired) electrons. The number of hydrogen-bond acceptors (Lipinski definition) is 3. The Labute approximate surface area is 144 Å². The Hall–Kier alpha value is -0.630. The average Bonchev–Trinajstić information content (AvgIpc) is 2.38. The number of nitrogens with one attached hydrogen (secondary N) is 2. The van der Waals surface area contributed by atoms with Gasteiger partial charge in [-0.3, -0.25) is 0 Å². The molecule has 0 aliphatic rings. The zero-order valence-electron chi connectivity index (χ0n) is 11.0. The first-order valence-electron chi connectivity index (χ1n) is 5.79. The molecule has 1 atom stereocenters. The first-order chi connectivity index (χ1) is 9.85. The van der Waals surface area contributed by atoms with Gasteiger partial charge in [0.15, 0.2) is 0 Å². The van der Waals surface area contributed by atoms with Crippen molar-refractivity contribution in [3.63, 3.8) is 0 Å². The zero-order chi connectivity index (χ0) is 16.0. The topological polar surface area (TPSA) is 78.4 Å². The first-order valence-corrected chi connectivity index (χ1v) is 8.73. The predicted octanol–water partition coefficient (Wildman–Crippen LogP) is 4.08. The minimum Gasteiger partial charge on any atom is -0.480 e. The Kier molecular flexibility index (Phi) is 7.65. The summed E-state index contributed by atoms with van der Waals surface area (Å²) in [6.07, 6.45) is 2.19. The van der Waals surface area contributed by atoms with Gasteiger partial charge in [-0.2, -0.15) is 11.8 Å². The van der Waals surface area contributed by atoms with Crippen LogP contribution in [0.15, 0.2) is 16.6 Å². The molecule has 0 spiro atoms. The highest BCUT2D eigenvalue weighted by Crippen LogP contribution is 2.33. The van der Waals surface area contributed by atoms with Crippen LogP contribution >= 0.6 is 50.9 Å². The van der Waals surface area contributed by atoms with Crippen LogP contribution in [0.25, 0.3) is 0 Å². The molecule has 116 valence electrons. The van der Waals surface area contributed by atoms with Gasteiger partial charge in [0, 0.05) is 4.47 Å². The highest BCUT2D eigenvalue weighted by molar-refractivity contribution is 9.10. The second-order valence-corrected chi connectivity index (χ2v) is 6.73. The van der Waals surface area contributed by atoms with Gasteiger partial charge in [0.2, 0.25) is 0 Å². The van der Waals surface area contributed by atoms with Gasteiger partial charge in [-0.1, -0.05) is 39.1 Å². The molecule has 0 aliphatic heterocycles. The van der Waals surface area contributed by atoms with Gasteiger partial charge >= 0.3 is 12.0 Å². The number of aliphatic carboxylic acids is 1. The number of rotatable bonds is 6. The number of amides is 2. The predicted molar refractivity (Wildman–Crippen MR) is 90.7 cm³/mol. The Bertz CT molecular complexity index is 522. The molecule has 1 aromatic rings. The lowest BCUT2D eigenvalue weighted by Crippen LogP contribution is -2.43. The van der Waals surface area contributed by atoms with E-state index in [9.17, 15) is 9.59 Å². The SMILES string of the molecule is CSCC[C@H](NC(=O)Nc1c(Cl)cc(Br)cc1Cl)C(=O)O. The van der Waals surface area contributed by atoms with Gasteiger partial charge in [0.1, 0.15) is 6.04 Å². The van der Waals surface area contributed by atoms with Crippen LogP contribution in [0.5, 0.6) is 0 Å². The monoisotopic (exact) mass is 414 g/mol. The van der Waals surface area contributed by atoms with Crippen molar-refractivity contribution in [1.82, 2.24) is 5.32 Å². The molecule has 0 aromatic heterocycles. The molecule has 0 bridgehead atoms. The van der Waals surface area contributed by atoms with Crippen molar-refractivity contribution < 1.29 is 14.7 Å². The van der Waals surface area contributed by atoms with E-state index in [2.05, 4.69) is 26.6 Å². The number of urea groups is 1. The third-order valence-electron chi connectivity index (χ3n) is 2.46. The highest BCUT2D eigenvalue weighted by atomic mass is 79.9. The van der Waals surface area contributed by atoms with Crippen LogP contribution in [0.1, 0.15) is 6.42 Å². The van der Waals surface area contributed by atoms with E-state index in [0.29, 0.717) is 16.6 Å². The standard InChI is InChI=1S/C12H13BrCl2N2O3S/c1-21-3-2-9(11(18)19)16-12(20)17-10-7(14)4-6(13)5-8(10)15/h4-5,9H,2-3H2,1H3,(H,18,19)(H2,16,17,20)/t9-/m0/s1. The molecule has 1 rings (SSSR count). The second-order valence-electron chi connectivity index (χ2n) is 4.02. The number of carboxylic acid groups (broad SMARTS) is 1. The minimum atomic E-state index is -1.09. The molecule has 0 heterocycles. The molecule has 9 heteroatoms. The van der Waals surface area contributed by atoms with E-state index >= 15 is 0 Å². The molecule has 0 fully saturated rings. The van der Waals surface area contributed by atoms with E-state index in [1.54, 1.807) is 12.1 Å². The summed E-state index contributed by atoms with van der Waals surface area (Å²) in [5.74, 6) is -0.468. The molecule has 21 heavy (non-hydrogen) atoms. The maximum absolute atomic E-state index is 11.9. The first kappa shape index (κ1) is 18.4. The van der Waals surface area contributed by atoms with Crippen molar-refractivity contribution in [2.45, 2.75) is 12.5 Å². The maximum atomic E-state index is 11.9. The van der Waals surface area contributed by atoms with Crippen LogP contribution in [0.2, 0.25) is 10.0 Å². The molecule has 3 N–H and O–H groups in total. The molecule has 0 aliphatic carbocycles. The number of thioether (sulfide) groups is 1. The normalized spacial score (nSPS) is 11.8. The Morgan fingerprint density at radius 1 is 1.38 bits per heavy atom. The summed E-state index contributed by atoms with van der Waals surface area (Å²) in [6.45, 7) is 0. The fourth-order valence-electron chi connectivity index (χ4n) is 1.46. The summed E-state index contributed by atoms with van der Waals surface area (Å²) in [5.41, 5.74) is 0.230. The van der Waals surface area contributed by atoms with Gasteiger partial charge in [-0.25, -0.2) is 9.59 Å². The van der Waals surface area contributed by atoms with E-state index < -0.39 is 18.0 Å². The third kappa shape index (κ3) is 5.94. The third-order valence-corrected chi connectivity index (χ3v) is 4.16. The van der Waals surface area contributed by atoms with Crippen LogP contribution in [-0.2, 0) is 4.79 Å². The fraction of sp³-hybridized carbons (Fsp3) is 0.333. The van der Waals surface area contributed by atoms with Crippen molar-refractivity contribution in [2.24, 2.45) is 0 Å². The molecule has 5 nitrogen and oxygen atoms in total. The van der Waals surface area contributed by atoms with Gasteiger partial charge in [0.25, 0.3) is 0 Å². The van der Waals surface area contributed by atoms with E-state index in [4.69, 9.17) is 28.3 Å². The Morgan fingerprint density at radius 3 is 2.43 bits per heavy atom. The average molecular weight is 416 g/mol. The fourth-order valence-corrected chi connectivity index (χ4v) is 3.24. The van der Waals surface area contributed by atoms with Crippen molar-refractivity contribution in [1.29, 1.82) is 0 Å². The number of carboxylic acids is 1. The van der Waals surface area contributed by atoms with Crippen molar-refractivity contribution in [3.8, 4) is 0 Å². The Morgan fingerprint density at radius 2 is 1.95 bits per heavy atom. The van der Waals surface area contributed by atoms with Crippen molar-refractivity contribution in [3.05, 3.63) is 26.7 Å². The summed E-state index contributed by atoms with van der Waals surface area (Å²) in [6, 6.07) is 1.51. The Balaban J connectivity index is 2.74. The molecule has 0 unspecified atom stereocenters. The number of hydrogen-bond donors (Lipinski definition) is 3. The summed E-state index contributed by atoms with van der Waals surface area (Å²) in [4.78, 5) is 22.9. The molecular weight excluding hydrogens is 403 g/mol. The number of anilines is 1. The second kappa shape index (κ2) is 8.73. The van der Waals surface area contributed by atoms with Crippen LogP contribution in [0.3, 0.4) is 0 Å². The van der Waals surface area contributed by atoms with E-state index in [0.717, 1.165) is 0 Å². The smallest absolute Gasteiger partial charge is 0.326 e. The molecule has 2 amide bonds. The maximum Gasteiger partial charge on any atom is 0.326 e. The highest BCUT2D eigenvalue weighted by Gasteiger charge is 2.20. The molecule has 1 aromatic carbocycles.